The Morgan fingerprint density at radius 2 is 1.60 bits per heavy atom. The van der Waals surface area contributed by atoms with Gasteiger partial charge in [0.1, 0.15) is 5.82 Å². The molecular formula is C17H29FN2. The maximum Gasteiger partial charge on any atom is 0.146 e. The van der Waals surface area contributed by atoms with Gasteiger partial charge in [0, 0.05) is 6.54 Å². The summed E-state index contributed by atoms with van der Waals surface area (Å²) in [6.45, 7) is 11.9. The van der Waals surface area contributed by atoms with E-state index in [1.54, 1.807) is 12.1 Å². The van der Waals surface area contributed by atoms with Gasteiger partial charge in [0.25, 0.3) is 0 Å². The summed E-state index contributed by atoms with van der Waals surface area (Å²) in [5, 5.41) is 0. The summed E-state index contributed by atoms with van der Waals surface area (Å²) in [6.07, 6.45) is 2.35. The van der Waals surface area contributed by atoms with E-state index >= 15 is 0 Å². The van der Waals surface area contributed by atoms with Crippen LogP contribution < -0.4 is 5.73 Å². The Kier molecular flexibility index (Phi) is 7.00. The molecule has 0 aliphatic rings. The Labute approximate surface area is 123 Å². The van der Waals surface area contributed by atoms with Gasteiger partial charge in [-0.1, -0.05) is 33.8 Å². The van der Waals surface area contributed by atoms with Crippen LogP contribution in [0.5, 0.6) is 0 Å². The lowest BCUT2D eigenvalue weighted by atomic mass is 10.1. The van der Waals surface area contributed by atoms with E-state index in [2.05, 4.69) is 32.6 Å². The van der Waals surface area contributed by atoms with Crippen molar-refractivity contribution in [2.45, 2.75) is 47.1 Å². The zero-order chi connectivity index (χ0) is 15.1. The maximum atomic E-state index is 13.5. The van der Waals surface area contributed by atoms with Crippen LogP contribution in [0.2, 0.25) is 0 Å². The molecule has 0 heterocycles. The van der Waals surface area contributed by atoms with Crippen molar-refractivity contribution in [2.24, 2.45) is 11.8 Å². The number of hydrogen-bond donors (Lipinski definition) is 1. The van der Waals surface area contributed by atoms with Crippen LogP contribution in [0, 0.1) is 17.7 Å². The van der Waals surface area contributed by atoms with Crippen LogP contribution >= 0.6 is 0 Å². The van der Waals surface area contributed by atoms with Crippen molar-refractivity contribution in [3.63, 3.8) is 0 Å². The van der Waals surface area contributed by atoms with Crippen molar-refractivity contribution in [2.75, 3.05) is 18.8 Å². The summed E-state index contributed by atoms with van der Waals surface area (Å²) >= 11 is 0. The first-order chi connectivity index (χ1) is 9.38. The Morgan fingerprint density at radius 1 is 1.05 bits per heavy atom. The fraction of sp³-hybridized carbons (Fsp3) is 0.647. The lowest BCUT2D eigenvalue weighted by Crippen LogP contribution is -2.27. The zero-order valence-corrected chi connectivity index (χ0v) is 13.3. The highest BCUT2D eigenvalue weighted by Crippen LogP contribution is 2.15. The molecule has 0 amide bonds. The third kappa shape index (κ3) is 6.38. The van der Waals surface area contributed by atoms with E-state index in [4.69, 9.17) is 5.73 Å². The number of nitrogens with zero attached hydrogens (tertiary/aromatic N) is 1. The highest BCUT2D eigenvalue weighted by Gasteiger charge is 2.09. The Morgan fingerprint density at radius 3 is 2.05 bits per heavy atom. The van der Waals surface area contributed by atoms with Crippen molar-refractivity contribution in [1.29, 1.82) is 0 Å². The minimum absolute atomic E-state index is 0.227. The van der Waals surface area contributed by atoms with Crippen molar-refractivity contribution in [3.05, 3.63) is 29.6 Å². The molecule has 20 heavy (non-hydrogen) atoms. The van der Waals surface area contributed by atoms with Crippen molar-refractivity contribution in [3.8, 4) is 0 Å². The molecule has 0 aromatic heterocycles. The average Bonchev–Trinajstić information content (AvgIpc) is 2.36. The monoisotopic (exact) mass is 280 g/mol. The van der Waals surface area contributed by atoms with Gasteiger partial charge in [-0.3, -0.25) is 4.90 Å². The Balaban J connectivity index is 2.63. The molecular weight excluding hydrogens is 251 g/mol. The predicted octanol–water partition coefficient (Wildman–Crippen LogP) is 4.30. The molecule has 0 aliphatic carbocycles. The number of halogens is 1. The first kappa shape index (κ1) is 17.0. The molecule has 114 valence electrons. The van der Waals surface area contributed by atoms with Crippen LogP contribution in [0.15, 0.2) is 18.2 Å². The number of benzene rings is 1. The zero-order valence-electron chi connectivity index (χ0n) is 13.3. The quantitative estimate of drug-likeness (QED) is 0.719. The molecule has 0 aliphatic heterocycles. The van der Waals surface area contributed by atoms with E-state index in [-0.39, 0.29) is 11.5 Å². The SMILES string of the molecule is CC(C)CCN(CCC(C)C)Cc1ccc(N)c(F)c1. The molecule has 1 aromatic carbocycles. The average molecular weight is 280 g/mol. The van der Waals surface area contributed by atoms with Gasteiger partial charge in [-0.2, -0.15) is 0 Å². The predicted molar refractivity (Wildman–Crippen MR) is 85.0 cm³/mol. The van der Waals surface area contributed by atoms with E-state index in [9.17, 15) is 4.39 Å². The van der Waals surface area contributed by atoms with Gasteiger partial charge >= 0.3 is 0 Å². The number of nitrogen functional groups attached to an aromatic ring is 1. The molecule has 0 unspecified atom stereocenters. The highest BCUT2D eigenvalue weighted by molar-refractivity contribution is 5.41. The van der Waals surface area contributed by atoms with Crippen LogP contribution in [0.3, 0.4) is 0 Å². The molecule has 3 heteroatoms. The van der Waals surface area contributed by atoms with E-state index in [1.807, 2.05) is 6.07 Å². The topological polar surface area (TPSA) is 29.3 Å². The minimum Gasteiger partial charge on any atom is -0.396 e. The molecule has 0 bridgehead atoms. The summed E-state index contributed by atoms with van der Waals surface area (Å²) in [5.74, 6) is 1.08. The highest BCUT2D eigenvalue weighted by atomic mass is 19.1. The van der Waals surface area contributed by atoms with Gasteiger partial charge in [-0.15, -0.1) is 0 Å². The summed E-state index contributed by atoms with van der Waals surface area (Å²) in [7, 11) is 0. The fourth-order valence-electron chi connectivity index (χ4n) is 2.08. The first-order valence-corrected chi connectivity index (χ1v) is 7.64. The van der Waals surface area contributed by atoms with E-state index in [1.165, 1.54) is 12.8 Å². The molecule has 0 saturated heterocycles. The van der Waals surface area contributed by atoms with Gasteiger partial charge in [0.15, 0.2) is 0 Å². The van der Waals surface area contributed by atoms with Gasteiger partial charge < -0.3 is 5.73 Å². The Hall–Kier alpha value is -1.09. The van der Waals surface area contributed by atoms with Gasteiger partial charge in [-0.05, 0) is 55.5 Å². The number of anilines is 1. The lowest BCUT2D eigenvalue weighted by Gasteiger charge is -2.24. The molecule has 0 spiro atoms. The van der Waals surface area contributed by atoms with Crippen LogP contribution in [-0.4, -0.2) is 18.0 Å². The lowest BCUT2D eigenvalue weighted by molar-refractivity contribution is 0.235. The van der Waals surface area contributed by atoms with E-state index < -0.39 is 0 Å². The third-order valence-corrected chi connectivity index (χ3v) is 3.52. The largest absolute Gasteiger partial charge is 0.396 e. The van der Waals surface area contributed by atoms with E-state index in [0.717, 1.165) is 25.2 Å². The van der Waals surface area contributed by atoms with Gasteiger partial charge in [0.2, 0.25) is 0 Å². The second kappa shape index (κ2) is 8.25. The molecule has 0 atom stereocenters. The van der Waals surface area contributed by atoms with Crippen LogP contribution in [0.4, 0.5) is 10.1 Å². The molecule has 0 radical (unpaired) electrons. The Bertz CT molecular complexity index is 390. The molecule has 1 rings (SSSR count). The molecule has 1 aromatic rings. The molecule has 2 nitrogen and oxygen atoms in total. The van der Waals surface area contributed by atoms with E-state index in [0.29, 0.717) is 11.8 Å². The van der Waals surface area contributed by atoms with Crippen LogP contribution in [-0.2, 0) is 6.54 Å². The molecule has 0 saturated carbocycles. The molecule has 2 N–H and O–H groups in total. The summed E-state index contributed by atoms with van der Waals surface area (Å²) in [5.41, 5.74) is 6.76. The summed E-state index contributed by atoms with van der Waals surface area (Å²) in [4.78, 5) is 2.42. The second-order valence-electron chi connectivity index (χ2n) is 6.50. The maximum absolute atomic E-state index is 13.5. The first-order valence-electron chi connectivity index (χ1n) is 7.64. The standard InChI is InChI=1S/C17H29FN2/c1-13(2)7-9-20(10-8-14(3)4)12-15-5-6-17(19)16(18)11-15/h5-6,11,13-14H,7-10,12,19H2,1-4H3. The van der Waals surface area contributed by atoms with Gasteiger partial charge in [0.05, 0.1) is 5.69 Å². The van der Waals surface area contributed by atoms with Crippen molar-refractivity contribution < 1.29 is 4.39 Å². The normalized spacial score (nSPS) is 11.8. The van der Waals surface area contributed by atoms with Crippen molar-refractivity contribution >= 4 is 5.69 Å². The summed E-state index contributed by atoms with van der Waals surface area (Å²) in [6, 6.07) is 5.15. The smallest absolute Gasteiger partial charge is 0.146 e. The number of nitrogens with two attached hydrogens (primary N) is 1. The third-order valence-electron chi connectivity index (χ3n) is 3.52. The fourth-order valence-corrected chi connectivity index (χ4v) is 2.08. The van der Waals surface area contributed by atoms with Crippen molar-refractivity contribution in [1.82, 2.24) is 4.90 Å². The van der Waals surface area contributed by atoms with Gasteiger partial charge in [-0.25, -0.2) is 4.39 Å². The minimum atomic E-state index is -0.310. The summed E-state index contributed by atoms with van der Waals surface area (Å²) < 4.78 is 13.5. The van der Waals surface area contributed by atoms with Crippen LogP contribution in [0.1, 0.15) is 46.1 Å². The number of hydrogen-bond acceptors (Lipinski definition) is 2. The molecule has 0 fully saturated rings. The number of rotatable bonds is 8. The second-order valence-corrected chi connectivity index (χ2v) is 6.50. The van der Waals surface area contributed by atoms with Crippen LogP contribution in [0.25, 0.3) is 0 Å².